The van der Waals surface area contributed by atoms with Crippen LogP contribution in [0.4, 0.5) is 11.4 Å². The summed E-state index contributed by atoms with van der Waals surface area (Å²) in [5.41, 5.74) is 0.747. The molecule has 0 spiro atoms. The first-order valence-corrected chi connectivity index (χ1v) is 11.8. The van der Waals surface area contributed by atoms with E-state index in [0.29, 0.717) is 6.54 Å². The highest BCUT2D eigenvalue weighted by atomic mass is 32.2. The lowest BCUT2D eigenvalue weighted by molar-refractivity contribution is -0.131. The van der Waals surface area contributed by atoms with Gasteiger partial charge >= 0.3 is 0 Å². The second kappa shape index (κ2) is 8.72. The molecule has 1 unspecified atom stereocenters. The lowest BCUT2D eigenvalue weighted by Crippen LogP contribution is -2.70. The van der Waals surface area contributed by atoms with Gasteiger partial charge in [-0.05, 0) is 56.4 Å². The van der Waals surface area contributed by atoms with E-state index < -0.39 is 5.54 Å². The number of rotatable bonds is 5. The number of hydrogen-bond acceptors (Lipinski definition) is 4. The van der Waals surface area contributed by atoms with Crippen LogP contribution in [0.1, 0.15) is 32.6 Å². The van der Waals surface area contributed by atoms with E-state index >= 15 is 0 Å². The molecule has 1 N–H and O–H groups in total. The fraction of sp³-hybridized carbons (Fsp3) is 0.417. The van der Waals surface area contributed by atoms with Gasteiger partial charge in [0.15, 0.2) is 0 Å². The first kappa shape index (κ1) is 20.8. The Kier molecular flexibility index (Phi) is 6.04. The molecule has 2 fully saturated rings. The molecule has 30 heavy (non-hydrogen) atoms. The second-order valence-electron chi connectivity index (χ2n) is 8.35. The molecule has 0 radical (unpaired) electrons. The molecule has 158 valence electrons. The summed E-state index contributed by atoms with van der Waals surface area (Å²) < 4.78 is 0. The van der Waals surface area contributed by atoms with Crippen molar-refractivity contribution in [2.75, 3.05) is 29.1 Å². The summed E-state index contributed by atoms with van der Waals surface area (Å²) in [6, 6.07) is 18.0. The molecule has 2 aromatic rings. The number of para-hydroxylation sites is 1. The molecular weight excluding hydrogens is 394 g/mol. The number of hydrogen-bond donors (Lipinski definition) is 1. The van der Waals surface area contributed by atoms with Crippen LogP contribution in [0.2, 0.25) is 0 Å². The molecule has 0 bridgehead atoms. The predicted molar refractivity (Wildman–Crippen MR) is 123 cm³/mol. The number of piperazine rings is 1. The lowest BCUT2D eigenvalue weighted by Gasteiger charge is -2.48. The summed E-state index contributed by atoms with van der Waals surface area (Å²) in [6.45, 7) is 2.60. The van der Waals surface area contributed by atoms with Gasteiger partial charge in [-0.25, -0.2) is 0 Å². The zero-order chi connectivity index (χ0) is 21.1. The molecule has 2 aromatic carbocycles. The van der Waals surface area contributed by atoms with E-state index in [9.17, 15) is 9.59 Å². The maximum absolute atomic E-state index is 13.6. The van der Waals surface area contributed by atoms with Crippen molar-refractivity contribution >= 4 is 35.0 Å². The third kappa shape index (κ3) is 4.06. The van der Waals surface area contributed by atoms with Crippen molar-refractivity contribution in [1.29, 1.82) is 0 Å². The zero-order valence-corrected chi connectivity index (χ0v) is 18.5. The van der Waals surface area contributed by atoms with Crippen LogP contribution in [0.25, 0.3) is 0 Å². The molecule has 0 aromatic heterocycles. The molecular formula is C24H29N3O2S. The maximum Gasteiger partial charge on any atom is 0.248 e. The van der Waals surface area contributed by atoms with Gasteiger partial charge in [0.25, 0.3) is 0 Å². The van der Waals surface area contributed by atoms with Crippen LogP contribution in [0.5, 0.6) is 0 Å². The van der Waals surface area contributed by atoms with Crippen molar-refractivity contribution in [3.63, 3.8) is 0 Å². The van der Waals surface area contributed by atoms with Gasteiger partial charge in [0, 0.05) is 22.3 Å². The van der Waals surface area contributed by atoms with Gasteiger partial charge in [-0.2, -0.15) is 0 Å². The van der Waals surface area contributed by atoms with Crippen molar-refractivity contribution in [2.45, 2.75) is 49.1 Å². The van der Waals surface area contributed by atoms with Gasteiger partial charge in [0.2, 0.25) is 11.8 Å². The average molecular weight is 424 g/mol. The first-order valence-electron chi connectivity index (χ1n) is 10.6. The first-order chi connectivity index (χ1) is 14.5. The van der Waals surface area contributed by atoms with Crippen LogP contribution in [0, 0.1) is 0 Å². The van der Waals surface area contributed by atoms with E-state index in [1.165, 1.54) is 0 Å². The van der Waals surface area contributed by atoms with E-state index in [1.807, 2.05) is 72.7 Å². The van der Waals surface area contributed by atoms with Crippen LogP contribution in [0.15, 0.2) is 59.5 Å². The summed E-state index contributed by atoms with van der Waals surface area (Å²) in [7, 11) is 0. The van der Waals surface area contributed by atoms with Gasteiger partial charge in [0.05, 0.1) is 13.1 Å². The Labute approximate surface area is 182 Å². The number of carbonyl (C=O) groups excluding carboxylic acids is 2. The lowest BCUT2D eigenvalue weighted by atomic mass is 9.92. The Morgan fingerprint density at radius 2 is 1.77 bits per heavy atom. The van der Waals surface area contributed by atoms with Gasteiger partial charge in [0.1, 0.15) is 5.54 Å². The third-order valence-electron chi connectivity index (χ3n) is 6.18. The molecule has 1 aliphatic heterocycles. The Morgan fingerprint density at radius 3 is 2.47 bits per heavy atom. The standard InChI is InChI=1S/C24H29N3O2S/c1-24(23(29)25-18-9-6-7-10-18)17-26(19-11-4-3-5-12-19)16-22(28)27(24)20-13-8-14-21(15-20)30-2/h3-5,8,11-15,18H,6-7,9-10,16-17H2,1-2H3,(H,25,29). The monoisotopic (exact) mass is 423 g/mol. The summed E-state index contributed by atoms with van der Waals surface area (Å²) in [4.78, 5) is 31.8. The Morgan fingerprint density at radius 1 is 1.07 bits per heavy atom. The smallest absolute Gasteiger partial charge is 0.248 e. The topological polar surface area (TPSA) is 52.7 Å². The summed E-state index contributed by atoms with van der Waals surface area (Å²) in [5.74, 6) is -0.134. The molecule has 1 saturated heterocycles. The average Bonchev–Trinajstić information content (AvgIpc) is 3.27. The van der Waals surface area contributed by atoms with E-state index in [1.54, 1.807) is 16.7 Å². The Bertz CT molecular complexity index is 914. The van der Waals surface area contributed by atoms with Crippen molar-refractivity contribution in [1.82, 2.24) is 5.32 Å². The van der Waals surface area contributed by atoms with Crippen molar-refractivity contribution in [3.05, 3.63) is 54.6 Å². The Balaban J connectivity index is 1.71. The molecule has 5 nitrogen and oxygen atoms in total. The Hall–Kier alpha value is -2.47. The minimum atomic E-state index is -0.995. The van der Waals surface area contributed by atoms with Gasteiger partial charge in [-0.1, -0.05) is 37.1 Å². The normalized spacial score (nSPS) is 22.4. The van der Waals surface area contributed by atoms with E-state index in [-0.39, 0.29) is 24.4 Å². The van der Waals surface area contributed by atoms with E-state index in [4.69, 9.17) is 0 Å². The van der Waals surface area contributed by atoms with Crippen LogP contribution in [0.3, 0.4) is 0 Å². The number of carbonyl (C=O) groups is 2. The van der Waals surface area contributed by atoms with Crippen LogP contribution < -0.4 is 15.1 Å². The minimum absolute atomic E-state index is 0.0626. The van der Waals surface area contributed by atoms with Crippen LogP contribution in [-0.4, -0.2) is 42.7 Å². The van der Waals surface area contributed by atoms with Crippen LogP contribution in [-0.2, 0) is 9.59 Å². The third-order valence-corrected chi connectivity index (χ3v) is 6.91. The molecule has 6 heteroatoms. The van der Waals surface area contributed by atoms with Gasteiger partial charge in [-0.15, -0.1) is 11.8 Å². The molecule has 1 heterocycles. The molecule has 1 saturated carbocycles. The molecule has 2 aliphatic rings. The highest BCUT2D eigenvalue weighted by Crippen LogP contribution is 2.34. The number of anilines is 2. The highest BCUT2D eigenvalue weighted by molar-refractivity contribution is 7.98. The number of amides is 2. The second-order valence-corrected chi connectivity index (χ2v) is 9.23. The van der Waals surface area contributed by atoms with Crippen LogP contribution >= 0.6 is 11.8 Å². The quantitative estimate of drug-likeness (QED) is 0.737. The zero-order valence-electron chi connectivity index (χ0n) is 17.6. The highest BCUT2D eigenvalue weighted by Gasteiger charge is 2.49. The van der Waals surface area contributed by atoms with E-state index in [0.717, 1.165) is 42.0 Å². The van der Waals surface area contributed by atoms with Gasteiger partial charge in [-0.3, -0.25) is 14.5 Å². The summed E-state index contributed by atoms with van der Waals surface area (Å²) >= 11 is 1.63. The van der Waals surface area contributed by atoms with Crippen molar-refractivity contribution < 1.29 is 9.59 Å². The van der Waals surface area contributed by atoms with Gasteiger partial charge < -0.3 is 10.2 Å². The molecule has 4 rings (SSSR count). The molecule has 2 amide bonds. The largest absolute Gasteiger partial charge is 0.359 e. The fourth-order valence-electron chi connectivity index (χ4n) is 4.59. The SMILES string of the molecule is CSc1cccc(N2C(=O)CN(c3ccccc3)CC2(C)C(=O)NC2CCCC2)c1. The van der Waals surface area contributed by atoms with Crippen molar-refractivity contribution in [3.8, 4) is 0 Å². The van der Waals surface area contributed by atoms with E-state index in [2.05, 4.69) is 5.32 Å². The predicted octanol–water partition coefficient (Wildman–Crippen LogP) is 4.08. The number of benzene rings is 2. The van der Waals surface area contributed by atoms with Crippen molar-refractivity contribution in [2.24, 2.45) is 0 Å². The fourth-order valence-corrected chi connectivity index (χ4v) is 5.04. The minimum Gasteiger partial charge on any atom is -0.359 e. The summed E-state index contributed by atoms with van der Waals surface area (Å²) in [5, 5.41) is 3.25. The number of nitrogens with one attached hydrogen (secondary N) is 1. The molecule has 1 aliphatic carbocycles. The summed E-state index contributed by atoms with van der Waals surface area (Å²) in [6.07, 6.45) is 6.34. The number of thioether (sulfide) groups is 1. The maximum atomic E-state index is 13.6. The molecule has 1 atom stereocenters. The number of nitrogens with zero attached hydrogens (tertiary/aromatic N) is 2.